The molecule has 0 bridgehead atoms. The number of aryl methyl sites for hydroxylation is 1. The van der Waals surface area contributed by atoms with E-state index in [-0.39, 0.29) is 5.92 Å². The molecule has 0 radical (unpaired) electrons. The highest BCUT2D eigenvalue weighted by molar-refractivity contribution is 5.33. The van der Waals surface area contributed by atoms with E-state index in [9.17, 15) is 9.59 Å². The second kappa shape index (κ2) is 6.95. The lowest BCUT2D eigenvalue weighted by Gasteiger charge is -2.34. The molecule has 8 heteroatoms. The summed E-state index contributed by atoms with van der Waals surface area (Å²) in [6.07, 6.45) is 4.55. The van der Waals surface area contributed by atoms with Crippen LogP contribution in [0.3, 0.4) is 0 Å². The molecule has 2 aliphatic rings. The molecule has 1 aromatic carbocycles. The summed E-state index contributed by atoms with van der Waals surface area (Å²) < 4.78 is 2.89. The van der Waals surface area contributed by atoms with Crippen molar-refractivity contribution in [3.63, 3.8) is 0 Å². The fraction of sp³-hybridized carbons (Fsp3) is 0.381. The maximum atomic E-state index is 12.8. The van der Waals surface area contributed by atoms with E-state index in [1.165, 1.54) is 4.68 Å². The highest BCUT2D eigenvalue weighted by atomic mass is 16.2. The van der Waals surface area contributed by atoms with Crippen molar-refractivity contribution in [1.29, 1.82) is 0 Å². The zero-order valence-electron chi connectivity index (χ0n) is 16.2. The molecular formula is C21H22N6O2. The van der Waals surface area contributed by atoms with Gasteiger partial charge in [-0.05, 0) is 30.4 Å². The standard InChI is InChI=1S/C21H22N6O2/c1-14-9-22-21(23-10-14)25-8-7-16-12-26-18(17(16)13-25)24-27(20(29)19(26)28)11-15-5-3-2-4-6-15/h2-6,9-10,16-17H,7-8,11-13H2,1H3/t16-,17+/m0/s1. The summed E-state index contributed by atoms with van der Waals surface area (Å²) in [5, 5.41) is 4.64. The second-order valence-corrected chi connectivity index (χ2v) is 7.88. The predicted octanol–water partition coefficient (Wildman–Crippen LogP) is 1.18. The molecule has 0 N–H and O–H groups in total. The van der Waals surface area contributed by atoms with Gasteiger partial charge >= 0.3 is 11.1 Å². The molecule has 0 aliphatic carbocycles. The van der Waals surface area contributed by atoms with Gasteiger partial charge in [0.2, 0.25) is 5.95 Å². The molecule has 0 unspecified atom stereocenters. The molecule has 2 aliphatic heterocycles. The van der Waals surface area contributed by atoms with Gasteiger partial charge < -0.3 is 4.90 Å². The minimum absolute atomic E-state index is 0.0870. The van der Waals surface area contributed by atoms with Gasteiger partial charge in [-0.2, -0.15) is 5.10 Å². The highest BCUT2D eigenvalue weighted by Gasteiger charge is 2.40. The summed E-state index contributed by atoms with van der Waals surface area (Å²) in [4.78, 5) is 36.4. The van der Waals surface area contributed by atoms with E-state index >= 15 is 0 Å². The summed E-state index contributed by atoms with van der Waals surface area (Å²) in [6, 6.07) is 9.61. The minimum Gasteiger partial charge on any atom is -0.340 e. The first-order valence-corrected chi connectivity index (χ1v) is 9.89. The fourth-order valence-corrected chi connectivity index (χ4v) is 4.34. The first kappa shape index (κ1) is 17.8. The van der Waals surface area contributed by atoms with Crippen LogP contribution in [0.5, 0.6) is 0 Å². The van der Waals surface area contributed by atoms with Crippen LogP contribution in [-0.2, 0) is 13.1 Å². The van der Waals surface area contributed by atoms with Gasteiger partial charge in [-0.25, -0.2) is 14.6 Å². The van der Waals surface area contributed by atoms with E-state index in [0.29, 0.717) is 37.3 Å². The Morgan fingerprint density at radius 1 is 1.03 bits per heavy atom. The van der Waals surface area contributed by atoms with Crippen molar-refractivity contribution in [2.75, 3.05) is 18.0 Å². The van der Waals surface area contributed by atoms with Crippen LogP contribution < -0.4 is 16.0 Å². The van der Waals surface area contributed by atoms with Gasteiger partial charge in [0.1, 0.15) is 5.82 Å². The quantitative estimate of drug-likeness (QED) is 0.624. The van der Waals surface area contributed by atoms with Crippen molar-refractivity contribution in [3.8, 4) is 0 Å². The van der Waals surface area contributed by atoms with Gasteiger partial charge in [0.25, 0.3) is 0 Å². The van der Waals surface area contributed by atoms with E-state index < -0.39 is 11.1 Å². The third-order valence-electron chi connectivity index (χ3n) is 5.89. The molecule has 3 aromatic rings. The average molecular weight is 390 g/mol. The molecule has 0 spiro atoms. The fourth-order valence-electron chi connectivity index (χ4n) is 4.34. The lowest BCUT2D eigenvalue weighted by molar-refractivity contribution is 0.360. The lowest BCUT2D eigenvalue weighted by Crippen LogP contribution is -2.43. The Bertz CT molecular complexity index is 1150. The van der Waals surface area contributed by atoms with Crippen LogP contribution >= 0.6 is 0 Å². The van der Waals surface area contributed by atoms with E-state index in [4.69, 9.17) is 0 Å². The Labute approximate surface area is 167 Å². The van der Waals surface area contributed by atoms with Gasteiger partial charge in [0.05, 0.1) is 6.54 Å². The number of anilines is 1. The maximum Gasteiger partial charge on any atom is 0.332 e. The molecule has 4 heterocycles. The van der Waals surface area contributed by atoms with Crippen LogP contribution in [-0.4, -0.2) is 37.4 Å². The van der Waals surface area contributed by atoms with Gasteiger partial charge in [-0.15, -0.1) is 0 Å². The first-order chi connectivity index (χ1) is 14.1. The van der Waals surface area contributed by atoms with Crippen LogP contribution in [0.15, 0.2) is 52.3 Å². The monoisotopic (exact) mass is 390 g/mol. The van der Waals surface area contributed by atoms with Crippen molar-refractivity contribution >= 4 is 5.95 Å². The highest BCUT2D eigenvalue weighted by Crippen LogP contribution is 2.37. The van der Waals surface area contributed by atoms with Crippen LogP contribution in [0.25, 0.3) is 0 Å². The summed E-state index contributed by atoms with van der Waals surface area (Å²) in [5.41, 5.74) is 0.931. The van der Waals surface area contributed by atoms with Crippen molar-refractivity contribution in [2.24, 2.45) is 5.92 Å². The van der Waals surface area contributed by atoms with Crippen molar-refractivity contribution in [2.45, 2.75) is 32.4 Å². The van der Waals surface area contributed by atoms with Crippen molar-refractivity contribution in [3.05, 3.63) is 80.4 Å². The van der Waals surface area contributed by atoms with E-state index in [2.05, 4.69) is 20.0 Å². The third-order valence-corrected chi connectivity index (χ3v) is 5.89. The van der Waals surface area contributed by atoms with Crippen LogP contribution in [0, 0.1) is 12.8 Å². The van der Waals surface area contributed by atoms with Crippen LogP contribution in [0.2, 0.25) is 0 Å². The number of benzene rings is 1. The van der Waals surface area contributed by atoms with E-state index in [0.717, 1.165) is 24.1 Å². The normalized spacial score (nSPS) is 20.4. The molecule has 148 valence electrons. The first-order valence-electron chi connectivity index (χ1n) is 9.89. The number of aromatic nitrogens is 5. The number of piperidine rings is 1. The Balaban J connectivity index is 1.49. The number of hydrogen-bond donors (Lipinski definition) is 0. The summed E-state index contributed by atoms with van der Waals surface area (Å²) in [5.74, 6) is 1.80. The molecule has 1 saturated heterocycles. The van der Waals surface area contributed by atoms with Gasteiger partial charge in [-0.3, -0.25) is 14.2 Å². The summed E-state index contributed by atoms with van der Waals surface area (Å²) >= 11 is 0. The maximum absolute atomic E-state index is 12.8. The number of fused-ring (bicyclic) bond motifs is 3. The smallest absolute Gasteiger partial charge is 0.332 e. The second-order valence-electron chi connectivity index (χ2n) is 7.88. The number of hydrogen-bond acceptors (Lipinski definition) is 6. The van der Waals surface area contributed by atoms with E-state index in [1.807, 2.05) is 49.6 Å². The van der Waals surface area contributed by atoms with Crippen LogP contribution in [0.4, 0.5) is 5.95 Å². The molecule has 1 fully saturated rings. The molecule has 0 saturated carbocycles. The zero-order chi connectivity index (χ0) is 20.0. The molecule has 29 heavy (non-hydrogen) atoms. The van der Waals surface area contributed by atoms with E-state index in [1.54, 1.807) is 4.57 Å². The Kier molecular flexibility index (Phi) is 4.26. The molecule has 5 rings (SSSR count). The van der Waals surface area contributed by atoms with Gasteiger partial charge in [0, 0.05) is 37.9 Å². The molecular weight excluding hydrogens is 368 g/mol. The molecule has 8 nitrogen and oxygen atoms in total. The average Bonchev–Trinajstić information content (AvgIpc) is 3.11. The number of nitrogens with zero attached hydrogens (tertiary/aromatic N) is 6. The third kappa shape index (κ3) is 3.14. The Morgan fingerprint density at radius 2 is 1.79 bits per heavy atom. The Morgan fingerprint density at radius 3 is 2.55 bits per heavy atom. The minimum atomic E-state index is -0.560. The van der Waals surface area contributed by atoms with Crippen molar-refractivity contribution < 1.29 is 0 Å². The zero-order valence-corrected chi connectivity index (χ0v) is 16.2. The topological polar surface area (TPSA) is 85.9 Å². The number of rotatable bonds is 3. The SMILES string of the molecule is Cc1cnc(N2CC[C@H]3Cn4c(nn(Cc5ccccc5)c(=O)c4=O)[C@@H]3C2)nc1. The van der Waals surface area contributed by atoms with Crippen molar-refractivity contribution in [1.82, 2.24) is 24.3 Å². The Hall–Kier alpha value is -3.29. The van der Waals surface area contributed by atoms with Crippen LogP contribution in [0.1, 0.15) is 29.3 Å². The van der Waals surface area contributed by atoms with Gasteiger partial charge in [-0.1, -0.05) is 30.3 Å². The lowest BCUT2D eigenvalue weighted by atomic mass is 9.88. The summed E-state index contributed by atoms with van der Waals surface area (Å²) in [6.45, 7) is 4.36. The molecule has 2 aromatic heterocycles. The largest absolute Gasteiger partial charge is 0.340 e. The summed E-state index contributed by atoms with van der Waals surface area (Å²) in [7, 11) is 0. The molecule has 0 amide bonds. The predicted molar refractivity (Wildman–Crippen MR) is 108 cm³/mol. The van der Waals surface area contributed by atoms with Gasteiger partial charge in [0.15, 0.2) is 0 Å². The molecule has 2 atom stereocenters.